The topological polar surface area (TPSA) is 58.2 Å². The number of nitrogens with one attached hydrogen (secondary N) is 2. The summed E-state index contributed by atoms with van der Waals surface area (Å²) in [6.45, 7) is 2.66. The maximum absolute atomic E-state index is 11.1. The van der Waals surface area contributed by atoms with Crippen molar-refractivity contribution in [2.45, 2.75) is 58.3 Å². The third kappa shape index (κ3) is 11.2. The molecule has 0 fully saturated rings. The van der Waals surface area contributed by atoms with E-state index in [1.807, 2.05) is 6.92 Å². The molecule has 4 heteroatoms. The first-order valence-electron chi connectivity index (χ1n) is 6.68. The minimum Gasteiger partial charge on any atom is -0.359 e. The van der Waals surface area contributed by atoms with Gasteiger partial charge in [0.15, 0.2) is 0 Å². The third-order valence-electron chi connectivity index (χ3n) is 2.71. The Bertz CT molecular complexity index is 217. The van der Waals surface area contributed by atoms with Crippen LogP contribution in [0.25, 0.3) is 0 Å². The molecule has 0 radical (unpaired) electrons. The summed E-state index contributed by atoms with van der Waals surface area (Å²) in [5, 5.41) is 5.41. The number of carbonyl (C=O) groups excluding carboxylic acids is 2. The van der Waals surface area contributed by atoms with Gasteiger partial charge >= 0.3 is 0 Å². The Morgan fingerprint density at radius 3 is 1.76 bits per heavy atom. The van der Waals surface area contributed by atoms with Crippen molar-refractivity contribution in [1.82, 2.24) is 10.6 Å². The first kappa shape index (κ1) is 15.9. The van der Waals surface area contributed by atoms with Gasteiger partial charge in [-0.05, 0) is 19.8 Å². The second kappa shape index (κ2) is 11.4. The van der Waals surface area contributed by atoms with Gasteiger partial charge in [0.2, 0.25) is 11.8 Å². The SMILES string of the molecule is CCNC(=O)CCCCCCCCC(=O)NC. The molecule has 17 heavy (non-hydrogen) atoms. The van der Waals surface area contributed by atoms with Crippen LogP contribution < -0.4 is 10.6 Å². The fourth-order valence-electron chi connectivity index (χ4n) is 1.69. The molecule has 100 valence electrons. The van der Waals surface area contributed by atoms with Crippen molar-refractivity contribution in [1.29, 1.82) is 0 Å². The average Bonchev–Trinajstić information content (AvgIpc) is 2.32. The minimum absolute atomic E-state index is 0.126. The number of hydrogen-bond acceptors (Lipinski definition) is 2. The van der Waals surface area contributed by atoms with Crippen LogP contribution in [-0.2, 0) is 9.59 Å². The van der Waals surface area contributed by atoms with Gasteiger partial charge in [-0.25, -0.2) is 0 Å². The largest absolute Gasteiger partial charge is 0.359 e. The molecule has 0 aliphatic rings. The summed E-state index contributed by atoms with van der Waals surface area (Å²) in [5.74, 6) is 0.286. The quantitative estimate of drug-likeness (QED) is 0.576. The van der Waals surface area contributed by atoms with E-state index in [1.54, 1.807) is 7.05 Å². The number of hydrogen-bond donors (Lipinski definition) is 2. The maximum Gasteiger partial charge on any atom is 0.219 e. The molecule has 0 unspecified atom stereocenters. The zero-order valence-electron chi connectivity index (χ0n) is 11.2. The Morgan fingerprint density at radius 2 is 1.29 bits per heavy atom. The standard InChI is InChI=1S/C13H26N2O2/c1-3-15-13(17)11-9-7-5-4-6-8-10-12(16)14-2/h3-11H2,1-2H3,(H,14,16)(H,15,17). The fraction of sp³-hybridized carbons (Fsp3) is 0.846. The number of amides is 2. The molecule has 0 aromatic rings. The Balaban J connectivity index is 3.13. The van der Waals surface area contributed by atoms with E-state index in [0.717, 1.165) is 45.1 Å². The Morgan fingerprint density at radius 1 is 0.824 bits per heavy atom. The lowest BCUT2D eigenvalue weighted by atomic mass is 10.1. The van der Waals surface area contributed by atoms with E-state index in [2.05, 4.69) is 10.6 Å². The van der Waals surface area contributed by atoms with Crippen molar-refractivity contribution in [2.75, 3.05) is 13.6 Å². The summed E-state index contributed by atoms with van der Waals surface area (Å²) in [5.41, 5.74) is 0. The van der Waals surface area contributed by atoms with E-state index in [1.165, 1.54) is 0 Å². The van der Waals surface area contributed by atoms with Crippen LogP contribution >= 0.6 is 0 Å². The zero-order valence-corrected chi connectivity index (χ0v) is 11.2. The summed E-state index contributed by atoms with van der Waals surface area (Å²) in [4.78, 5) is 22.1. The molecule has 0 aromatic carbocycles. The van der Waals surface area contributed by atoms with Crippen LogP contribution in [0.15, 0.2) is 0 Å². The van der Waals surface area contributed by atoms with Crippen LogP contribution in [0.5, 0.6) is 0 Å². The van der Waals surface area contributed by atoms with E-state index in [0.29, 0.717) is 12.8 Å². The van der Waals surface area contributed by atoms with Gasteiger partial charge in [0.25, 0.3) is 0 Å². The lowest BCUT2D eigenvalue weighted by Gasteiger charge is -2.03. The van der Waals surface area contributed by atoms with Crippen LogP contribution in [0.2, 0.25) is 0 Å². The number of carbonyl (C=O) groups is 2. The summed E-state index contributed by atoms with van der Waals surface area (Å²) >= 11 is 0. The van der Waals surface area contributed by atoms with Crippen molar-refractivity contribution in [3.63, 3.8) is 0 Å². The summed E-state index contributed by atoms with van der Waals surface area (Å²) in [6, 6.07) is 0. The van der Waals surface area contributed by atoms with Gasteiger partial charge in [0.1, 0.15) is 0 Å². The maximum atomic E-state index is 11.1. The highest BCUT2D eigenvalue weighted by molar-refractivity contribution is 5.75. The lowest BCUT2D eigenvalue weighted by Crippen LogP contribution is -2.21. The van der Waals surface area contributed by atoms with Crippen molar-refractivity contribution >= 4 is 11.8 Å². The van der Waals surface area contributed by atoms with Crippen LogP contribution in [0.1, 0.15) is 58.3 Å². The summed E-state index contributed by atoms with van der Waals surface area (Å²) in [7, 11) is 1.67. The van der Waals surface area contributed by atoms with E-state index in [4.69, 9.17) is 0 Å². The summed E-state index contributed by atoms with van der Waals surface area (Å²) < 4.78 is 0. The van der Waals surface area contributed by atoms with Gasteiger partial charge in [-0.15, -0.1) is 0 Å². The molecule has 2 N–H and O–H groups in total. The normalized spacial score (nSPS) is 10.0. The second-order valence-electron chi connectivity index (χ2n) is 4.25. The van der Waals surface area contributed by atoms with Crippen LogP contribution in [0.3, 0.4) is 0 Å². The highest BCUT2D eigenvalue weighted by atomic mass is 16.2. The van der Waals surface area contributed by atoms with Gasteiger partial charge in [0.05, 0.1) is 0 Å². The molecule has 0 aliphatic carbocycles. The number of rotatable bonds is 10. The van der Waals surface area contributed by atoms with Crippen LogP contribution in [-0.4, -0.2) is 25.4 Å². The van der Waals surface area contributed by atoms with Crippen LogP contribution in [0.4, 0.5) is 0 Å². The molecule has 2 amide bonds. The minimum atomic E-state index is 0.126. The van der Waals surface area contributed by atoms with Crippen molar-refractivity contribution in [3.05, 3.63) is 0 Å². The molecule has 0 heterocycles. The molecular weight excluding hydrogens is 216 g/mol. The first-order chi connectivity index (χ1) is 8.20. The molecule has 0 saturated carbocycles. The predicted molar refractivity (Wildman–Crippen MR) is 69.7 cm³/mol. The monoisotopic (exact) mass is 242 g/mol. The molecule has 0 bridgehead atoms. The number of unbranched alkanes of at least 4 members (excludes halogenated alkanes) is 5. The van der Waals surface area contributed by atoms with Gasteiger partial charge in [-0.2, -0.15) is 0 Å². The van der Waals surface area contributed by atoms with E-state index >= 15 is 0 Å². The van der Waals surface area contributed by atoms with E-state index < -0.39 is 0 Å². The van der Waals surface area contributed by atoms with Gasteiger partial charge in [-0.3, -0.25) is 9.59 Å². The van der Waals surface area contributed by atoms with Gasteiger partial charge < -0.3 is 10.6 Å². The Kier molecular flexibility index (Phi) is 10.7. The zero-order chi connectivity index (χ0) is 12.9. The van der Waals surface area contributed by atoms with E-state index in [9.17, 15) is 9.59 Å². The van der Waals surface area contributed by atoms with Gasteiger partial charge in [-0.1, -0.05) is 25.7 Å². The fourth-order valence-corrected chi connectivity index (χ4v) is 1.69. The average molecular weight is 242 g/mol. The third-order valence-corrected chi connectivity index (χ3v) is 2.71. The molecule has 0 spiro atoms. The van der Waals surface area contributed by atoms with E-state index in [-0.39, 0.29) is 11.8 Å². The predicted octanol–water partition coefficient (Wildman–Crippen LogP) is 1.99. The molecular formula is C13H26N2O2. The van der Waals surface area contributed by atoms with Crippen LogP contribution in [0, 0.1) is 0 Å². The molecule has 0 saturated heterocycles. The van der Waals surface area contributed by atoms with Crippen molar-refractivity contribution in [3.8, 4) is 0 Å². The molecule has 0 rings (SSSR count). The summed E-state index contributed by atoms with van der Waals surface area (Å²) in [6.07, 6.45) is 7.75. The second-order valence-corrected chi connectivity index (χ2v) is 4.25. The lowest BCUT2D eigenvalue weighted by molar-refractivity contribution is -0.121. The van der Waals surface area contributed by atoms with Crippen molar-refractivity contribution < 1.29 is 9.59 Å². The smallest absolute Gasteiger partial charge is 0.219 e. The van der Waals surface area contributed by atoms with Crippen molar-refractivity contribution in [2.24, 2.45) is 0 Å². The molecule has 0 aliphatic heterocycles. The molecule has 0 aromatic heterocycles. The highest BCUT2D eigenvalue weighted by Gasteiger charge is 1.99. The Hall–Kier alpha value is -1.06. The Labute approximate surface area is 105 Å². The molecule has 4 nitrogen and oxygen atoms in total. The first-order valence-corrected chi connectivity index (χ1v) is 6.68. The van der Waals surface area contributed by atoms with Gasteiger partial charge in [0, 0.05) is 26.4 Å². The highest BCUT2D eigenvalue weighted by Crippen LogP contribution is 2.08. The molecule has 0 atom stereocenters.